The fraction of sp³-hybridized carbons (Fsp3) is 0.250. The minimum Gasteiger partial charge on any atom is -0.493 e. The number of aryl methyl sites for hydroxylation is 3. The van der Waals surface area contributed by atoms with Crippen molar-refractivity contribution in [3.8, 4) is 23.3 Å². The summed E-state index contributed by atoms with van der Waals surface area (Å²) in [6.07, 6.45) is 1.41. The monoisotopic (exact) mass is 498 g/mol. The second-order valence-electron chi connectivity index (χ2n) is 7.20. The van der Waals surface area contributed by atoms with E-state index in [-0.39, 0.29) is 17.2 Å². The molecule has 34 heavy (non-hydrogen) atoms. The number of nitrogens with one attached hydrogen (secondary N) is 1. The number of amides is 1. The van der Waals surface area contributed by atoms with Crippen LogP contribution in [0.3, 0.4) is 0 Å². The number of halogens is 1. The first-order valence-electron chi connectivity index (χ1n) is 10.2. The fourth-order valence-electron chi connectivity index (χ4n) is 3.10. The maximum absolute atomic E-state index is 12.4. The van der Waals surface area contributed by atoms with Gasteiger partial charge in [-0.15, -0.1) is 10.2 Å². The number of hydrogen-bond donors (Lipinski definition) is 1. The summed E-state index contributed by atoms with van der Waals surface area (Å²) in [7, 11) is 1.48. The zero-order valence-electron chi connectivity index (χ0n) is 19.1. The largest absolute Gasteiger partial charge is 0.493 e. The van der Waals surface area contributed by atoms with Crippen molar-refractivity contribution in [1.82, 2.24) is 10.2 Å². The number of methoxy groups -OCH3 is 1. The van der Waals surface area contributed by atoms with Crippen LogP contribution in [0.1, 0.15) is 21.7 Å². The van der Waals surface area contributed by atoms with Gasteiger partial charge in [-0.2, -0.15) is 5.26 Å². The lowest BCUT2D eigenvalue weighted by molar-refractivity contribution is -0.112. The first kappa shape index (κ1) is 25.0. The Hall–Kier alpha value is -3.61. The minimum absolute atomic E-state index is 0.123. The molecule has 1 amide bonds. The molecular formula is C24H23ClN4O4S. The molecule has 0 aliphatic carbocycles. The molecule has 0 saturated carbocycles. The van der Waals surface area contributed by atoms with Crippen LogP contribution >= 0.6 is 22.9 Å². The molecule has 0 fully saturated rings. The Balaban J connectivity index is 1.70. The van der Waals surface area contributed by atoms with E-state index in [1.54, 1.807) is 19.1 Å². The van der Waals surface area contributed by atoms with Crippen LogP contribution in [0.15, 0.2) is 35.9 Å². The normalized spacial score (nSPS) is 11.0. The van der Waals surface area contributed by atoms with Crippen LogP contribution in [0.25, 0.3) is 6.08 Å². The molecule has 10 heteroatoms. The number of para-hydroxylation sites is 1. The van der Waals surface area contributed by atoms with Gasteiger partial charge < -0.3 is 14.2 Å². The maximum atomic E-state index is 12.4. The lowest BCUT2D eigenvalue weighted by Gasteiger charge is -2.15. The predicted molar refractivity (Wildman–Crippen MR) is 132 cm³/mol. The Morgan fingerprint density at radius 3 is 2.41 bits per heavy atom. The summed E-state index contributed by atoms with van der Waals surface area (Å²) in [4.78, 5) is 12.4. The molecule has 0 aliphatic rings. The summed E-state index contributed by atoms with van der Waals surface area (Å²) >= 11 is 7.63. The molecular weight excluding hydrogens is 476 g/mol. The number of aromatic nitrogens is 2. The molecule has 3 rings (SSSR count). The van der Waals surface area contributed by atoms with Gasteiger partial charge >= 0.3 is 0 Å². The van der Waals surface area contributed by atoms with E-state index in [0.29, 0.717) is 33.8 Å². The van der Waals surface area contributed by atoms with Crippen LogP contribution < -0.4 is 19.5 Å². The maximum Gasteiger partial charge on any atom is 0.268 e. The van der Waals surface area contributed by atoms with Gasteiger partial charge in [-0.05, 0) is 55.7 Å². The van der Waals surface area contributed by atoms with Crippen molar-refractivity contribution in [3.63, 3.8) is 0 Å². The highest BCUT2D eigenvalue weighted by Gasteiger charge is 2.15. The number of anilines is 1. The van der Waals surface area contributed by atoms with Gasteiger partial charge in [0, 0.05) is 0 Å². The van der Waals surface area contributed by atoms with Crippen molar-refractivity contribution in [2.24, 2.45) is 0 Å². The highest BCUT2D eigenvalue weighted by Crippen LogP contribution is 2.37. The van der Waals surface area contributed by atoms with E-state index in [9.17, 15) is 10.1 Å². The van der Waals surface area contributed by atoms with Crippen LogP contribution in [0.4, 0.5) is 5.13 Å². The molecule has 0 unspecified atom stereocenters. The number of hydrogen-bond acceptors (Lipinski definition) is 8. The van der Waals surface area contributed by atoms with Gasteiger partial charge in [-0.1, -0.05) is 41.1 Å². The van der Waals surface area contributed by atoms with Gasteiger partial charge in [-0.25, -0.2) is 0 Å². The number of rotatable bonds is 9. The van der Waals surface area contributed by atoms with Gasteiger partial charge in [-0.3, -0.25) is 10.1 Å². The van der Waals surface area contributed by atoms with Crippen LogP contribution in [0.2, 0.25) is 5.02 Å². The van der Waals surface area contributed by atoms with Crippen LogP contribution in [0.5, 0.6) is 17.2 Å². The van der Waals surface area contributed by atoms with E-state index in [4.69, 9.17) is 25.8 Å². The van der Waals surface area contributed by atoms with E-state index < -0.39 is 5.91 Å². The number of benzene rings is 2. The molecule has 1 heterocycles. The van der Waals surface area contributed by atoms with Crippen molar-refractivity contribution in [1.29, 1.82) is 5.26 Å². The van der Waals surface area contributed by atoms with Gasteiger partial charge in [0.05, 0.1) is 12.1 Å². The topological polar surface area (TPSA) is 106 Å². The number of ether oxygens (including phenoxy) is 3. The van der Waals surface area contributed by atoms with E-state index in [0.717, 1.165) is 16.9 Å². The third-order valence-corrected chi connectivity index (χ3v) is 5.69. The second-order valence-corrected chi connectivity index (χ2v) is 8.79. The summed E-state index contributed by atoms with van der Waals surface area (Å²) < 4.78 is 17.1. The van der Waals surface area contributed by atoms with Crippen molar-refractivity contribution < 1.29 is 19.0 Å². The molecule has 0 atom stereocenters. The Labute approximate surface area is 206 Å². The summed E-state index contributed by atoms with van der Waals surface area (Å²) in [5, 5.41) is 21.0. The van der Waals surface area contributed by atoms with Crippen LogP contribution in [0, 0.1) is 32.1 Å². The first-order valence-corrected chi connectivity index (χ1v) is 11.4. The van der Waals surface area contributed by atoms with Gasteiger partial charge in [0.15, 0.2) is 11.5 Å². The molecule has 176 valence electrons. The molecule has 3 aromatic rings. The average Bonchev–Trinajstić information content (AvgIpc) is 3.21. The zero-order chi connectivity index (χ0) is 24.7. The Morgan fingerprint density at radius 2 is 1.82 bits per heavy atom. The molecule has 2 aromatic carbocycles. The smallest absolute Gasteiger partial charge is 0.268 e. The third-order valence-electron chi connectivity index (χ3n) is 4.66. The SMILES string of the molecule is COc1cc(C=C(C#N)C(=O)Nc2nnc(C)s2)cc(Cl)c1OCCOc1c(C)cccc1C. The van der Waals surface area contributed by atoms with Crippen molar-refractivity contribution in [3.05, 3.63) is 62.6 Å². The summed E-state index contributed by atoms with van der Waals surface area (Å²) in [6.45, 7) is 6.30. The number of nitriles is 1. The van der Waals surface area contributed by atoms with E-state index in [1.807, 2.05) is 38.1 Å². The lowest BCUT2D eigenvalue weighted by atomic mass is 10.1. The highest BCUT2D eigenvalue weighted by atomic mass is 35.5. The quantitative estimate of drug-likeness (QED) is 0.247. The molecule has 0 aliphatic heterocycles. The van der Waals surface area contributed by atoms with Gasteiger partial charge in [0.2, 0.25) is 5.13 Å². The molecule has 1 aromatic heterocycles. The lowest BCUT2D eigenvalue weighted by Crippen LogP contribution is -2.13. The van der Waals surface area contributed by atoms with Crippen molar-refractivity contribution in [2.75, 3.05) is 25.6 Å². The van der Waals surface area contributed by atoms with Crippen molar-refractivity contribution >= 4 is 40.1 Å². The highest BCUT2D eigenvalue weighted by molar-refractivity contribution is 7.15. The van der Waals surface area contributed by atoms with E-state index in [2.05, 4.69) is 15.5 Å². The Morgan fingerprint density at radius 1 is 1.15 bits per heavy atom. The molecule has 0 saturated heterocycles. The van der Waals surface area contributed by atoms with Crippen LogP contribution in [-0.4, -0.2) is 36.4 Å². The van der Waals surface area contributed by atoms with Crippen molar-refractivity contribution in [2.45, 2.75) is 20.8 Å². The fourth-order valence-corrected chi connectivity index (χ4v) is 3.96. The molecule has 8 nitrogen and oxygen atoms in total. The standard InChI is InChI=1S/C24H23ClN4O4S/c1-14-6-5-7-15(2)21(14)32-8-9-33-22-19(25)11-17(12-20(22)31-4)10-18(13-26)23(30)27-24-29-28-16(3)34-24/h5-7,10-12H,8-9H2,1-4H3,(H,27,29,30). The van der Waals surface area contributed by atoms with Crippen LogP contribution in [-0.2, 0) is 4.79 Å². The summed E-state index contributed by atoms with van der Waals surface area (Å²) in [5.41, 5.74) is 2.47. The molecule has 0 radical (unpaired) electrons. The van der Waals surface area contributed by atoms with Gasteiger partial charge in [0.1, 0.15) is 35.6 Å². The molecule has 0 bridgehead atoms. The minimum atomic E-state index is -0.599. The number of nitrogens with zero attached hydrogens (tertiary/aromatic N) is 3. The second kappa shape index (κ2) is 11.5. The first-order chi connectivity index (χ1) is 16.3. The summed E-state index contributed by atoms with van der Waals surface area (Å²) in [6, 6.07) is 11.1. The third kappa shape index (κ3) is 6.25. The Bertz CT molecular complexity index is 1250. The Kier molecular flexibility index (Phi) is 8.46. The summed E-state index contributed by atoms with van der Waals surface area (Å²) in [5.74, 6) is 0.940. The van der Waals surface area contributed by atoms with E-state index >= 15 is 0 Å². The predicted octanol–water partition coefficient (Wildman–Crippen LogP) is 5.13. The van der Waals surface area contributed by atoms with E-state index in [1.165, 1.54) is 24.5 Å². The molecule has 1 N–H and O–H groups in total. The zero-order valence-corrected chi connectivity index (χ0v) is 20.7. The number of carbonyl (C=O) groups is 1. The molecule has 0 spiro atoms. The van der Waals surface area contributed by atoms with Gasteiger partial charge in [0.25, 0.3) is 5.91 Å². The average molecular weight is 499 g/mol. The number of carbonyl (C=O) groups excluding carboxylic acids is 1.